The third-order valence-electron chi connectivity index (χ3n) is 6.08. The van der Waals surface area contributed by atoms with E-state index < -0.39 is 5.92 Å². The first-order chi connectivity index (χ1) is 15.9. The van der Waals surface area contributed by atoms with Crippen molar-refractivity contribution in [1.82, 2.24) is 10.2 Å². The third kappa shape index (κ3) is 4.69. The molecule has 8 heteroatoms. The molecule has 0 unspecified atom stereocenters. The van der Waals surface area contributed by atoms with E-state index in [2.05, 4.69) is 5.32 Å². The van der Waals surface area contributed by atoms with Crippen molar-refractivity contribution in [2.75, 3.05) is 40.6 Å². The van der Waals surface area contributed by atoms with Crippen LogP contribution in [0.15, 0.2) is 36.4 Å². The topological polar surface area (TPSA) is 86.3 Å². The number of nitrogens with zero attached hydrogens (tertiary/aromatic N) is 1. The number of fused-ring (bicyclic) bond motifs is 1. The second-order valence-electron chi connectivity index (χ2n) is 8.74. The predicted molar refractivity (Wildman–Crippen MR) is 122 cm³/mol. The van der Waals surface area contributed by atoms with Gasteiger partial charge in [0.2, 0.25) is 12.7 Å². The molecule has 2 heterocycles. The van der Waals surface area contributed by atoms with E-state index in [1.54, 1.807) is 37.3 Å². The van der Waals surface area contributed by atoms with Crippen LogP contribution in [0.3, 0.4) is 0 Å². The molecule has 0 spiro atoms. The molecular formula is C25H30N2O6. The maximum absolute atomic E-state index is 13.4. The zero-order valence-electron chi connectivity index (χ0n) is 19.4. The number of methoxy groups -OCH3 is 2. The molecule has 8 nitrogen and oxygen atoms in total. The number of ether oxygens (including phenoxy) is 4. The van der Waals surface area contributed by atoms with Gasteiger partial charge >= 0.3 is 0 Å². The van der Waals surface area contributed by atoms with E-state index in [0.717, 1.165) is 5.56 Å². The summed E-state index contributed by atoms with van der Waals surface area (Å²) in [4.78, 5) is 28.3. The molecule has 0 aliphatic carbocycles. The molecule has 2 aliphatic rings. The highest BCUT2D eigenvalue weighted by Gasteiger charge is 2.42. The van der Waals surface area contributed by atoms with E-state index in [1.165, 1.54) is 0 Å². The van der Waals surface area contributed by atoms with Crippen molar-refractivity contribution in [3.63, 3.8) is 0 Å². The van der Waals surface area contributed by atoms with Gasteiger partial charge in [-0.15, -0.1) is 0 Å². The van der Waals surface area contributed by atoms with Crippen LogP contribution >= 0.6 is 0 Å². The number of rotatable bonds is 7. The average Bonchev–Trinajstić information content (AvgIpc) is 3.48. The minimum absolute atomic E-state index is 0.0699. The highest BCUT2D eigenvalue weighted by Crippen LogP contribution is 2.40. The second kappa shape index (κ2) is 9.60. The molecule has 2 aromatic rings. The van der Waals surface area contributed by atoms with Crippen LogP contribution in [0.25, 0.3) is 0 Å². The minimum Gasteiger partial charge on any atom is -0.497 e. The number of likely N-dealkylation sites (tertiary alicyclic amines) is 1. The predicted octanol–water partition coefficient (Wildman–Crippen LogP) is 3.06. The zero-order chi connectivity index (χ0) is 23.5. The van der Waals surface area contributed by atoms with Gasteiger partial charge in [-0.05, 0) is 42.3 Å². The van der Waals surface area contributed by atoms with Crippen molar-refractivity contribution in [1.29, 1.82) is 0 Å². The van der Waals surface area contributed by atoms with Gasteiger partial charge in [-0.3, -0.25) is 9.59 Å². The van der Waals surface area contributed by atoms with Crippen LogP contribution < -0.4 is 24.3 Å². The molecule has 1 N–H and O–H groups in total. The number of nitrogens with one attached hydrogen (secondary N) is 1. The summed E-state index contributed by atoms with van der Waals surface area (Å²) >= 11 is 0. The summed E-state index contributed by atoms with van der Waals surface area (Å²) in [6, 6.07) is 10.7. The van der Waals surface area contributed by atoms with Crippen molar-refractivity contribution in [2.45, 2.75) is 19.8 Å². The number of carbonyl (C=O) groups is 2. The number of hydrogen-bond donors (Lipinski definition) is 1. The summed E-state index contributed by atoms with van der Waals surface area (Å²) in [5.74, 6) is 1.97. The molecule has 2 aliphatic heterocycles. The summed E-state index contributed by atoms with van der Waals surface area (Å²) in [6.07, 6.45) is 0. The summed E-state index contributed by atoms with van der Waals surface area (Å²) in [5.41, 5.74) is 1.35. The third-order valence-corrected chi connectivity index (χ3v) is 6.08. The van der Waals surface area contributed by atoms with Gasteiger partial charge in [-0.1, -0.05) is 13.8 Å². The Balaban J connectivity index is 1.64. The number of carbonyl (C=O) groups excluding carboxylic acids is 2. The molecule has 0 radical (unpaired) electrons. The van der Waals surface area contributed by atoms with Gasteiger partial charge in [0.15, 0.2) is 11.5 Å². The van der Waals surface area contributed by atoms with Crippen LogP contribution in [0, 0.1) is 11.8 Å². The lowest BCUT2D eigenvalue weighted by atomic mass is 9.87. The van der Waals surface area contributed by atoms with Crippen LogP contribution in [-0.4, -0.2) is 57.4 Å². The van der Waals surface area contributed by atoms with Gasteiger partial charge in [-0.2, -0.15) is 0 Å². The smallest absolute Gasteiger partial charge is 0.254 e. The van der Waals surface area contributed by atoms with Gasteiger partial charge in [0, 0.05) is 36.7 Å². The number of amides is 2. The summed E-state index contributed by atoms with van der Waals surface area (Å²) in [7, 11) is 3.20. The summed E-state index contributed by atoms with van der Waals surface area (Å²) in [6.45, 7) is 5.51. The lowest BCUT2D eigenvalue weighted by Crippen LogP contribution is -2.37. The molecule has 2 aromatic carbocycles. The highest BCUT2D eigenvalue weighted by atomic mass is 16.7. The van der Waals surface area contributed by atoms with E-state index in [4.69, 9.17) is 18.9 Å². The Morgan fingerprint density at radius 2 is 1.85 bits per heavy atom. The molecule has 2 atom stereocenters. The number of hydrogen-bond acceptors (Lipinski definition) is 6. The fraction of sp³-hybridized carbons (Fsp3) is 0.440. The Morgan fingerprint density at radius 1 is 1.06 bits per heavy atom. The minimum atomic E-state index is -0.414. The maximum atomic E-state index is 13.4. The standard InChI is InChI=1S/C25H30N2O6/c1-15(2)11-26-24(28)20-13-27(25(29)16-5-7-22-23(9-16)33-14-32-22)12-19(20)18-10-17(30-3)6-8-21(18)31-4/h5-10,15,19-20H,11-14H2,1-4H3,(H,26,28)/t19-,20-/m0/s1. The van der Waals surface area contributed by atoms with Crippen molar-refractivity contribution >= 4 is 11.8 Å². The van der Waals surface area contributed by atoms with Crippen LogP contribution in [-0.2, 0) is 4.79 Å². The van der Waals surface area contributed by atoms with E-state index in [9.17, 15) is 9.59 Å². The molecule has 0 saturated carbocycles. The van der Waals surface area contributed by atoms with Gasteiger partial charge in [-0.25, -0.2) is 0 Å². The van der Waals surface area contributed by atoms with Crippen molar-refractivity contribution in [2.24, 2.45) is 11.8 Å². The summed E-state index contributed by atoms with van der Waals surface area (Å²) in [5, 5.41) is 3.04. The van der Waals surface area contributed by atoms with Crippen LogP contribution in [0.4, 0.5) is 0 Å². The first-order valence-electron chi connectivity index (χ1n) is 11.1. The van der Waals surface area contributed by atoms with Crippen molar-refractivity contribution in [3.8, 4) is 23.0 Å². The molecule has 0 aromatic heterocycles. The average molecular weight is 455 g/mol. The Kier molecular flexibility index (Phi) is 6.62. The lowest BCUT2D eigenvalue weighted by Gasteiger charge is -2.21. The highest BCUT2D eigenvalue weighted by molar-refractivity contribution is 5.96. The van der Waals surface area contributed by atoms with Crippen LogP contribution in [0.2, 0.25) is 0 Å². The monoisotopic (exact) mass is 454 g/mol. The van der Waals surface area contributed by atoms with Crippen molar-refractivity contribution in [3.05, 3.63) is 47.5 Å². The van der Waals surface area contributed by atoms with E-state index in [1.807, 2.05) is 32.0 Å². The van der Waals surface area contributed by atoms with Crippen molar-refractivity contribution < 1.29 is 28.5 Å². The first kappa shape index (κ1) is 22.8. The maximum Gasteiger partial charge on any atom is 0.254 e. The normalized spacial score (nSPS) is 19.0. The molecule has 176 valence electrons. The fourth-order valence-electron chi connectivity index (χ4n) is 4.33. The SMILES string of the molecule is COc1ccc(OC)c([C@@H]2CN(C(=O)c3ccc4c(c3)OCO4)C[C@@H]2C(=O)NCC(C)C)c1. The molecule has 0 bridgehead atoms. The molecule has 2 amide bonds. The molecule has 1 saturated heterocycles. The lowest BCUT2D eigenvalue weighted by molar-refractivity contribution is -0.125. The molecule has 1 fully saturated rings. The van der Waals surface area contributed by atoms with E-state index >= 15 is 0 Å². The zero-order valence-corrected chi connectivity index (χ0v) is 19.4. The largest absolute Gasteiger partial charge is 0.497 e. The molecule has 4 rings (SSSR count). The Hall–Kier alpha value is -3.42. The second-order valence-corrected chi connectivity index (χ2v) is 8.74. The van der Waals surface area contributed by atoms with E-state index in [-0.39, 0.29) is 24.5 Å². The molecule has 33 heavy (non-hydrogen) atoms. The van der Waals surface area contributed by atoms with Gasteiger partial charge < -0.3 is 29.2 Å². The Labute approximate surface area is 193 Å². The Bertz CT molecular complexity index is 1040. The summed E-state index contributed by atoms with van der Waals surface area (Å²) < 4.78 is 21.8. The number of benzene rings is 2. The van der Waals surface area contributed by atoms with E-state index in [0.29, 0.717) is 54.1 Å². The van der Waals surface area contributed by atoms with Gasteiger partial charge in [0.1, 0.15) is 11.5 Å². The first-order valence-corrected chi connectivity index (χ1v) is 11.1. The van der Waals surface area contributed by atoms with Crippen LogP contribution in [0.5, 0.6) is 23.0 Å². The Morgan fingerprint density at radius 3 is 2.58 bits per heavy atom. The van der Waals surface area contributed by atoms with Crippen LogP contribution in [0.1, 0.15) is 35.7 Å². The molecular weight excluding hydrogens is 424 g/mol. The van der Waals surface area contributed by atoms with Gasteiger partial charge in [0.25, 0.3) is 5.91 Å². The quantitative estimate of drug-likeness (QED) is 0.692. The fourth-order valence-corrected chi connectivity index (χ4v) is 4.33. The van der Waals surface area contributed by atoms with Gasteiger partial charge in [0.05, 0.1) is 20.1 Å².